The lowest BCUT2D eigenvalue weighted by molar-refractivity contribution is 1.06. The Morgan fingerprint density at radius 2 is 2.12 bits per heavy atom. The van der Waals surface area contributed by atoms with Crippen LogP contribution in [-0.4, -0.2) is 37.2 Å². The Kier molecular flexibility index (Phi) is 5.81. The molecule has 0 radical (unpaired) electrons. The first-order valence-corrected chi connectivity index (χ1v) is 11.9. The molecule has 0 fully saturated rings. The molecule has 0 aliphatic carbocycles. The first-order chi connectivity index (χ1) is 16.6. The van der Waals surface area contributed by atoms with Crippen LogP contribution in [0.2, 0.25) is 0 Å². The van der Waals surface area contributed by atoms with Crippen molar-refractivity contribution in [2.24, 2.45) is 0 Å². The van der Waals surface area contributed by atoms with Gasteiger partial charge in [-0.2, -0.15) is 5.10 Å². The van der Waals surface area contributed by atoms with Crippen LogP contribution >= 0.6 is 11.3 Å². The lowest BCUT2D eigenvalue weighted by Crippen LogP contribution is -2.21. The monoisotopic (exact) mass is 467 g/mol. The first-order valence-electron chi connectivity index (χ1n) is 11.1. The van der Waals surface area contributed by atoms with E-state index >= 15 is 0 Å². The summed E-state index contributed by atoms with van der Waals surface area (Å²) in [5.74, 6) is 0.648. The maximum atomic E-state index is 4.70. The summed E-state index contributed by atoms with van der Waals surface area (Å²) in [6, 6.07) is 8.42. The van der Waals surface area contributed by atoms with Gasteiger partial charge in [0.05, 0.1) is 16.6 Å². The Hall–Kier alpha value is -4.04. The van der Waals surface area contributed by atoms with Crippen LogP contribution in [0.5, 0.6) is 0 Å². The summed E-state index contributed by atoms with van der Waals surface area (Å²) >= 11 is 1.79. The van der Waals surface area contributed by atoms with Crippen LogP contribution in [-0.2, 0) is 6.42 Å². The van der Waals surface area contributed by atoms with E-state index in [2.05, 4.69) is 62.2 Å². The lowest BCUT2D eigenvalue weighted by Gasteiger charge is -2.03. The van der Waals surface area contributed by atoms with Crippen molar-refractivity contribution >= 4 is 46.4 Å². The highest BCUT2D eigenvalue weighted by molar-refractivity contribution is 7.15. The molecule has 0 saturated heterocycles. The van der Waals surface area contributed by atoms with Crippen LogP contribution in [0.1, 0.15) is 24.3 Å². The van der Waals surface area contributed by atoms with Crippen molar-refractivity contribution in [2.75, 3.05) is 12.4 Å². The number of thiophene rings is 1. The van der Waals surface area contributed by atoms with Gasteiger partial charge in [-0.25, -0.2) is 9.97 Å². The van der Waals surface area contributed by atoms with Crippen LogP contribution in [0.3, 0.4) is 0 Å². The number of hydrogen-bond donors (Lipinski definition) is 3. The van der Waals surface area contributed by atoms with Crippen molar-refractivity contribution < 1.29 is 0 Å². The molecule has 0 aliphatic rings. The number of aromatic nitrogens is 6. The van der Waals surface area contributed by atoms with Crippen LogP contribution in [0.25, 0.3) is 51.4 Å². The van der Waals surface area contributed by atoms with E-state index in [1.54, 1.807) is 23.7 Å². The van der Waals surface area contributed by atoms with Crippen LogP contribution in [0.4, 0.5) is 5.69 Å². The lowest BCUT2D eigenvalue weighted by atomic mass is 10.1. The molecule has 8 heteroatoms. The predicted octanol–water partition coefficient (Wildman–Crippen LogP) is 4.37. The number of allylic oxidation sites excluding steroid dienone is 2. The van der Waals surface area contributed by atoms with E-state index in [4.69, 9.17) is 4.98 Å². The number of nitrogens with one attached hydrogen (secondary N) is 3. The molecule has 0 aliphatic heterocycles. The number of H-pyrrole nitrogens is 2. The topological polar surface area (TPSA) is 95.2 Å². The minimum Gasteiger partial charge on any atom is -0.387 e. The van der Waals surface area contributed by atoms with Gasteiger partial charge in [-0.3, -0.25) is 10.1 Å². The third-order valence-corrected chi connectivity index (χ3v) is 7.04. The number of fused-ring (bicyclic) bond motifs is 1. The fraction of sp³-hybridized carbons (Fsp3) is 0.154. The number of anilines is 1. The largest absolute Gasteiger partial charge is 0.387 e. The summed E-state index contributed by atoms with van der Waals surface area (Å²) in [6.07, 6.45) is 10.5. The summed E-state index contributed by atoms with van der Waals surface area (Å²) < 4.78 is 0. The maximum absolute atomic E-state index is 4.70. The van der Waals surface area contributed by atoms with Crippen LogP contribution < -0.4 is 15.9 Å². The molecule has 0 atom stereocenters. The Morgan fingerprint density at radius 3 is 2.91 bits per heavy atom. The van der Waals surface area contributed by atoms with Gasteiger partial charge in [0.25, 0.3) is 0 Å². The standard InChI is InChI=1S/C26H25N7S/c1-5-19-7-9-22(34-19)20-10-11-29-25-24(20)30-26(31-25)23-16(3)21(32-33-23)8-6-15(2)17-12-18(27-4)14-28-13-17/h6-14,27,32H,3,5H2,1-2,4H3,(H,29,30,31)/b15-6+,21-8+. The Bertz CT molecular complexity index is 1620. The molecular weight excluding hydrogens is 442 g/mol. The van der Waals surface area contributed by atoms with Crippen molar-refractivity contribution in [1.82, 2.24) is 30.1 Å². The van der Waals surface area contributed by atoms with Crippen molar-refractivity contribution in [2.45, 2.75) is 20.3 Å². The van der Waals surface area contributed by atoms with Gasteiger partial charge in [-0.05, 0) is 54.8 Å². The first kappa shape index (κ1) is 21.8. The second-order valence-corrected chi connectivity index (χ2v) is 9.12. The van der Waals surface area contributed by atoms with E-state index in [0.717, 1.165) is 44.9 Å². The van der Waals surface area contributed by atoms with Crippen molar-refractivity contribution in [3.8, 4) is 22.0 Å². The van der Waals surface area contributed by atoms with Gasteiger partial charge in [-0.1, -0.05) is 19.6 Å². The zero-order valence-electron chi connectivity index (χ0n) is 19.3. The second-order valence-electron chi connectivity index (χ2n) is 7.96. The van der Waals surface area contributed by atoms with Gasteiger partial charge < -0.3 is 10.3 Å². The van der Waals surface area contributed by atoms with E-state index in [0.29, 0.717) is 17.2 Å². The molecule has 0 bridgehead atoms. The average molecular weight is 468 g/mol. The van der Waals surface area contributed by atoms with Gasteiger partial charge in [0.2, 0.25) is 0 Å². The zero-order chi connectivity index (χ0) is 23.7. The molecule has 0 saturated carbocycles. The van der Waals surface area contributed by atoms with Crippen molar-refractivity contribution in [1.29, 1.82) is 0 Å². The fourth-order valence-electron chi connectivity index (χ4n) is 3.75. The van der Waals surface area contributed by atoms with Crippen LogP contribution in [0.15, 0.2) is 48.9 Å². The number of hydrogen-bond acceptors (Lipinski definition) is 6. The third kappa shape index (κ3) is 4.04. The Labute approximate surface area is 201 Å². The average Bonchev–Trinajstić information content (AvgIpc) is 3.60. The molecular formula is C26H25N7S. The van der Waals surface area contributed by atoms with Crippen LogP contribution in [0, 0.1) is 0 Å². The molecule has 0 amide bonds. The molecule has 3 N–H and O–H groups in total. The third-order valence-electron chi connectivity index (χ3n) is 5.77. The van der Waals surface area contributed by atoms with Gasteiger partial charge in [0, 0.05) is 46.2 Å². The molecule has 5 aromatic heterocycles. The number of nitrogens with zero attached hydrogens (tertiary/aromatic N) is 4. The van der Waals surface area contributed by atoms with E-state index in [1.165, 1.54) is 9.75 Å². The van der Waals surface area contributed by atoms with Gasteiger partial charge in [0.15, 0.2) is 11.5 Å². The van der Waals surface area contributed by atoms with Gasteiger partial charge >= 0.3 is 0 Å². The molecule has 34 heavy (non-hydrogen) atoms. The zero-order valence-corrected chi connectivity index (χ0v) is 20.1. The quantitative estimate of drug-likeness (QED) is 0.345. The summed E-state index contributed by atoms with van der Waals surface area (Å²) in [5, 5.41) is 12.3. The number of aryl methyl sites for hydroxylation is 1. The highest BCUT2D eigenvalue weighted by atomic mass is 32.1. The maximum Gasteiger partial charge on any atom is 0.178 e. The summed E-state index contributed by atoms with van der Waals surface area (Å²) in [7, 11) is 1.88. The molecule has 5 rings (SSSR count). The van der Waals surface area contributed by atoms with Gasteiger partial charge in [0.1, 0.15) is 5.69 Å². The Balaban J connectivity index is 1.51. The van der Waals surface area contributed by atoms with Gasteiger partial charge in [-0.15, -0.1) is 11.3 Å². The molecule has 0 aromatic carbocycles. The highest BCUT2D eigenvalue weighted by Gasteiger charge is 2.14. The summed E-state index contributed by atoms with van der Waals surface area (Å²) in [4.78, 5) is 19.4. The minimum atomic E-state index is 0.648. The summed E-state index contributed by atoms with van der Waals surface area (Å²) in [5.41, 5.74) is 6.45. The van der Waals surface area contributed by atoms with E-state index in [-0.39, 0.29) is 0 Å². The van der Waals surface area contributed by atoms with E-state index in [1.807, 2.05) is 38.4 Å². The predicted molar refractivity (Wildman–Crippen MR) is 141 cm³/mol. The molecule has 5 heterocycles. The highest BCUT2D eigenvalue weighted by Crippen LogP contribution is 2.33. The second kappa shape index (κ2) is 9.07. The number of pyridine rings is 2. The SMILES string of the molecule is C=c1c(-c2nc3nccc(-c4ccc(CC)s4)c3[nH]2)n[nH]/c1=C/C=C(\C)c1cncc(NC)c1. The van der Waals surface area contributed by atoms with Crippen molar-refractivity contribution in [3.63, 3.8) is 0 Å². The molecule has 170 valence electrons. The molecule has 0 spiro atoms. The normalized spacial score (nSPS) is 12.6. The molecule has 7 nitrogen and oxygen atoms in total. The number of rotatable bonds is 6. The van der Waals surface area contributed by atoms with Crippen molar-refractivity contribution in [3.05, 3.63) is 69.9 Å². The van der Waals surface area contributed by atoms with E-state index in [9.17, 15) is 0 Å². The molecule has 0 unspecified atom stereocenters. The minimum absolute atomic E-state index is 0.648. The Morgan fingerprint density at radius 1 is 1.24 bits per heavy atom. The summed E-state index contributed by atoms with van der Waals surface area (Å²) in [6.45, 7) is 8.46. The number of imidazole rings is 1. The fourth-order valence-corrected chi connectivity index (χ4v) is 4.73. The molecule has 5 aromatic rings. The number of aromatic amines is 2. The smallest absolute Gasteiger partial charge is 0.178 e. The van der Waals surface area contributed by atoms with E-state index < -0.39 is 0 Å².